The Hall–Kier alpha value is -1.32. The Morgan fingerprint density at radius 2 is 2.05 bits per heavy atom. The van der Waals surface area contributed by atoms with Gasteiger partial charge in [-0.15, -0.1) is 0 Å². The lowest BCUT2D eigenvalue weighted by molar-refractivity contribution is 0.651. The molecule has 0 aliphatic heterocycles. The van der Waals surface area contributed by atoms with Crippen LogP contribution in [0.3, 0.4) is 0 Å². The molecule has 4 heteroatoms. The maximum Gasteiger partial charge on any atom is 0.0677 e. The summed E-state index contributed by atoms with van der Waals surface area (Å²) in [6.45, 7) is 8.96. The van der Waals surface area contributed by atoms with Gasteiger partial charge in [0.2, 0.25) is 0 Å². The summed E-state index contributed by atoms with van der Waals surface area (Å²) in [5.74, 6) is 0. The first-order valence-electron chi connectivity index (χ1n) is 7.09. The van der Waals surface area contributed by atoms with Gasteiger partial charge in [-0.25, -0.2) is 0 Å². The van der Waals surface area contributed by atoms with Crippen molar-refractivity contribution in [3.8, 4) is 0 Å². The van der Waals surface area contributed by atoms with Gasteiger partial charge in [0.05, 0.1) is 12.7 Å². The number of halogens is 1. The van der Waals surface area contributed by atoms with Crippen LogP contribution in [0.4, 0.5) is 0 Å². The number of hydrogen-bond donors (Lipinski definition) is 1. The second-order valence-electron chi connectivity index (χ2n) is 5.18. The van der Waals surface area contributed by atoms with Gasteiger partial charge >= 0.3 is 0 Å². The average molecular weight is 292 g/mol. The zero-order chi connectivity index (χ0) is 14.5. The van der Waals surface area contributed by atoms with Crippen LogP contribution in [0.5, 0.6) is 0 Å². The van der Waals surface area contributed by atoms with E-state index in [4.69, 9.17) is 11.6 Å². The lowest BCUT2D eigenvalue weighted by Crippen LogP contribution is -2.14. The molecule has 0 spiro atoms. The number of hydrogen-bond acceptors (Lipinski definition) is 2. The van der Waals surface area contributed by atoms with Gasteiger partial charge in [0.15, 0.2) is 0 Å². The Kier molecular flexibility index (Phi) is 5.21. The second-order valence-corrected chi connectivity index (χ2v) is 5.59. The maximum atomic E-state index is 6.29. The molecule has 0 bridgehead atoms. The van der Waals surface area contributed by atoms with Gasteiger partial charge in [-0.2, -0.15) is 5.10 Å². The van der Waals surface area contributed by atoms with E-state index in [9.17, 15) is 0 Å². The van der Waals surface area contributed by atoms with Crippen LogP contribution in [-0.4, -0.2) is 16.3 Å². The molecule has 2 rings (SSSR count). The summed E-state index contributed by atoms with van der Waals surface area (Å²) in [5, 5.41) is 8.69. The molecular formula is C16H22ClN3. The molecule has 0 aliphatic rings. The number of rotatable bonds is 6. The number of nitrogens with zero attached hydrogens (tertiary/aromatic N) is 2. The Balaban J connectivity index is 2.10. The fourth-order valence-electron chi connectivity index (χ4n) is 2.16. The van der Waals surface area contributed by atoms with Crippen molar-refractivity contribution >= 4 is 11.6 Å². The molecule has 1 aromatic heterocycles. The molecule has 0 fully saturated rings. The van der Waals surface area contributed by atoms with Crippen molar-refractivity contribution in [2.45, 2.75) is 40.3 Å². The molecular weight excluding hydrogens is 270 g/mol. The van der Waals surface area contributed by atoms with Crippen LogP contribution in [0.15, 0.2) is 24.4 Å². The summed E-state index contributed by atoms with van der Waals surface area (Å²) < 4.78 is 2.01. The van der Waals surface area contributed by atoms with E-state index < -0.39 is 0 Å². The quantitative estimate of drug-likeness (QED) is 0.823. The van der Waals surface area contributed by atoms with Gasteiger partial charge in [-0.3, -0.25) is 4.68 Å². The Morgan fingerprint density at radius 1 is 1.25 bits per heavy atom. The van der Waals surface area contributed by atoms with Crippen molar-refractivity contribution in [3.63, 3.8) is 0 Å². The Bertz CT molecular complexity index is 575. The van der Waals surface area contributed by atoms with Gasteiger partial charge < -0.3 is 5.32 Å². The van der Waals surface area contributed by atoms with E-state index in [1.165, 1.54) is 16.8 Å². The van der Waals surface area contributed by atoms with Crippen molar-refractivity contribution in [1.29, 1.82) is 0 Å². The van der Waals surface area contributed by atoms with Crippen molar-refractivity contribution < 1.29 is 0 Å². The molecule has 3 nitrogen and oxygen atoms in total. The second kappa shape index (κ2) is 6.91. The third kappa shape index (κ3) is 3.62. The molecule has 0 atom stereocenters. The fourth-order valence-corrected chi connectivity index (χ4v) is 2.45. The predicted molar refractivity (Wildman–Crippen MR) is 84.3 cm³/mol. The summed E-state index contributed by atoms with van der Waals surface area (Å²) in [5.41, 5.74) is 4.74. The number of benzene rings is 1. The standard InChI is InChI=1S/C16H22ClN3/c1-4-7-18-9-15-10-19-20(13(15)3)11-14-6-5-12(2)8-16(14)17/h5-6,8,10,18H,4,7,9,11H2,1-3H3. The monoisotopic (exact) mass is 291 g/mol. The Morgan fingerprint density at radius 3 is 2.75 bits per heavy atom. The predicted octanol–water partition coefficient (Wildman–Crippen LogP) is 3.70. The highest BCUT2D eigenvalue weighted by Crippen LogP contribution is 2.19. The molecule has 20 heavy (non-hydrogen) atoms. The van der Waals surface area contributed by atoms with Crippen molar-refractivity contribution in [1.82, 2.24) is 15.1 Å². The van der Waals surface area contributed by atoms with Crippen LogP contribution in [0.1, 0.15) is 35.7 Å². The summed E-state index contributed by atoms with van der Waals surface area (Å²) in [4.78, 5) is 0. The van der Waals surface area contributed by atoms with Gasteiger partial charge in [0, 0.05) is 22.8 Å². The third-order valence-electron chi connectivity index (χ3n) is 3.48. The molecule has 0 aliphatic carbocycles. The molecule has 1 N–H and O–H groups in total. The smallest absolute Gasteiger partial charge is 0.0677 e. The average Bonchev–Trinajstić information content (AvgIpc) is 2.75. The largest absolute Gasteiger partial charge is 0.313 e. The highest BCUT2D eigenvalue weighted by Gasteiger charge is 2.08. The van der Waals surface area contributed by atoms with E-state index in [0.717, 1.165) is 36.6 Å². The summed E-state index contributed by atoms with van der Waals surface area (Å²) in [6, 6.07) is 6.16. The summed E-state index contributed by atoms with van der Waals surface area (Å²) in [7, 11) is 0. The van der Waals surface area contributed by atoms with E-state index in [2.05, 4.69) is 36.4 Å². The van der Waals surface area contributed by atoms with Crippen molar-refractivity contribution in [2.75, 3.05) is 6.54 Å². The molecule has 0 amide bonds. The van der Waals surface area contributed by atoms with E-state index in [-0.39, 0.29) is 0 Å². The van der Waals surface area contributed by atoms with Crippen LogP contribution in [0, 0.1) is 13.8 Å². The van der Waals surface area contributed by atoms with Gasteiger partial charge in [0.1, 0.15) is 0 Å². The lowest BCUT2D eigenvalue weighted by Gasteiger charge is -2.08. The lowest BCUT2D eigenvalue weighted by atomic mass is 10.1. The summed E-state index contributed by atoms with van der Waals surface area (Å²) in [6.07, 6.45) is 3.09. The zero-order valence-corrected chi connectivity index (χ0v) is 13.2. The van der Waals surface area contributed by atoms with Gasteiger partial charge in [0.25, 0.3) is 0 Å². The third-order valence-corrected chi connectivity index (χ3v) is 3.83. The maximum absolute atomic E-state index is 6.29. The first kappa shape index (κ1) is 15.1. The number of nitrogens with one attached hydrogen (secondary N) is 1. The van der Waals surface area contributed by atoms with E-state index in [1.807, 2.05) is 23.9 Å². The van der Waals surface area contributed by atoms with Crippen LogP contribution in [-0.2, 0) is 13.1 Å². The normalized spacial score (nSPS) is 11.0. The van der Waals surface area contributed by atoms with E-state index >= 15 is 0 Å². The van der Waals surface area contributed by atoms with E-state index in [0.29, 0.717) is 0 Å². The van der Waals surface area contributed by atoms with Crippen LogP contribution >= 0.6 is 11.6 Å². The molecule has 2 aromatic rings. The number of aromatic nitrogens is 2. The molecule has 108 valence electrons. The SMILES string of the molecule is CCCNCc1cnn(Cc2ccc(C)cc2Cl)c1C. The zero-order valence-electron chi connectivity index (χ0n) is 12.4. The molecule has 1 aromatic carbocycles. The fraction of sp³-hybridized carbons (Fsp3) is 0.438. The van der Waals surface area contributed by atoms with Crippen LogP contribution < -0.4 is 5.32 Å². The van der Waals surface area contributed by atoms with Gasteiger partial charge in [-0.05, 0) is 44.0 Å². The minimum absolute atomic E-state index is 0.721. The van der Waals surface area contributed by atoms with Gasteiger partial charge in [-0.1, -0.05) is 30.7 Å². The van der Waals surface area contributed by atoms with E-state index in [1.54, 1.807) is 0 Å². The van der Waals surface area contributed by atoms with Crippen molar-refractivity contribution in [2.24, 2.45) is 0 Å². The number of aryl methyl sites for hydroxylation is 1. The van der Waals surface area contributed by atoms with Crippen molar-refractivity contribution in [3.05, 3.63) is 51.8 Å². The highest BCUT2D eigenvalue weighted by molar-refractivity contribution is 6.31. The first-order valence-corrected chi connectivity index (χ1v) is 7.46. The molecule has 0 saturated carbocycles. The van der Waals surface area contributed by atoms with Crippen LogP contribution in [0.25, 0.3) is 0 Å². The minimum Gasteiger partial charge on any atom is -0.313 e. The first-order chi connectivity index (χ1) is 9.61. The summed E-state index contributed by atoms with van der Waals surface area (Å²) >= 11 is 6.29. The molecule has 1 heterocycles. The molecule has 0 unspecified atom stereocenters. The Labute approximate surface area is 126 Å². The minimum atomic E-state index is 0.721. The van der Waals surface area contributed by atoms with Crippen LogP contribution in [0.2, 0.25) is 5.02 Å². The highest BCUT2D eigenvalue weighted by atomic mass is 35.5. The molecule has 0 saturated heterocycles. The molecule has 0 radical (unpaired) electrons. The topological polar surface area (TPSA) is 29.9 Å².